The molecule has 34 nitrogen and oxygen atoms in total. The molecular formula is C102H92N15O19S3+5. The second kappa shape index (κ2) is 40.4. The van der Waals surface area contributed by atoms with Gasteiger partial charge in [-0.25, -0.2) is 24.0 Å². The van der Waals surface area contributed by atoms with E-state index in [0.717, 1.165) is 26.6 Å². The first kappa shape index (κ1) is 96.0. The van der Waals surface area contributed by atoms with E-state index in [0.29, 0.717) is 123 Å². The number of hydrogen-bond donors (Lipinski definition) is 10. The molecule has 702 valence electrons. The lowest BCUT2D eigenvalue weighted by atomic mass is 9.92. The molecule has 5 unspecified atom stereocenters. The Balaban J connectivity index is 0.000000126. The lowest BCUT2D eigenvalue weighted by Gasteiger charge is -2.17. The van der Waals surface area contributed by atoms with Crippen LogP contribution >= 0.6 is 0 Å². The summed E-state index contributed by atoms with van der Waals surface area (Å²) in [5.41, 5.74) is 9.51. The molecule has 0 aliphatic carbocycles. The summed E-state index contributed by atoms with van der Waals surface area (Å²) in [7, 11) is -9.03. The standard InChI is InChI=1S/C24H26N4O4S.C23H24N4O4S.C19H12N2O4.C18H13N3O4S.C18H12N2O3/c1-3-27(4-2)16-15-25-33(31,32)28-22(18-13-9-6-10-14-18)20-19(24(28)30)21(26-23(20)29)17-11-7-5-8-12-17;1-26(2)15-9-14-24-32(30,31)27-21(17-12-7-4-8-13-17)19-18(23(27)29)20(25-22(19)28)16-10-5-3-6-11-16;22-17-14-13(15(20-17)11-7-3-1-4-8-11)18(23)21(19(24)25)16(14)12-9-5-2-6-10-12;19-26(24,25)21-16(12-9-5-2-6-10-12)14-13(18(21)23)15(20-17(14)22)11-7-3-1-4-8-11;21-17-14-13(15(19-17)11-7-3-1-4-8-11)18(22)20(23)16(14)12-9-5-2-6-10-12/h5-14,20,25H,3-4,15-16H2,1-2H3;3-8,10-13,19,24H,9,14-15H2,1-2H3;1-10,14H,(H-,20,22,23,24,25);1-10,14H,(H2-,19,20,22,23,24,25);1-10,14H,(H-,19,21,22,23)/p+5. The van der Waals surface area contributed by atoms with Crippen LogP contribution in [0.25, 0.3) is 28.5 Å². The Hall–Kier alpha value is -16.1. The second-order valence-electron chi connectivity index (χ2n) is 32.9. The van der Waals surface area contributed by atoms with Crippen molar-refractivity contribution < 1.29 is 110 Å². The third-order valence-corrected chi connectivity index (χ3v) is 27.9. The fraction of sp³-hybridized carbons (Fsp3) is 0.157. The molecule has 139 heavy (non-hydrogen) atoms. The predicted octanol–water partition coefficient (Wildman–Crippen LogP) is 6.16. The molecule has 10 aromatic carbocycles. The molecule has 0 radical (unpaired) electrons. The van der Waals surface area contributed by atoms with Gasteiger partial charge in [-0.1, -0.05) is 257 Å². The molecular weight excluding hydrogens is 1840 g/mol. The summed E-state index contributed by atoms with van der Waals surface area (Å²) in [4.78, 5) is 145. The van der Waals surface area contributed by atoms with E-state index >= 15 is 0 Å². The topological polar surface area (TPSA) is 462 Å². The number of carboxylic acid groups (broad SMARTS) is 1. The molecule has 0 bridgehead atoms. The molecule has 0 aromatic heterocycles. The van der Waals surface area contributed by atoms with Gasteiger partial charge in [-0.3, -0.25) is 29.2 Å². The Morgan fingerprint density at radius 2 is 0.554 bits per heavy atom. The van der Waals surface area contributed by atoms with E-state index in [-0.39, 0.29) is 64.1 Å². The number of hydrogen-bond acceptors (Lipinski definition) is 20. The Morgan fingerprint density at radius 3 is 0.827 bits per heavy atom. The van der Waals surface area contributed by atoms with Gasteiger partial charge >= 0.3 is 66.3 Å². The summed E-state index contributed by atoms with van der Waals surface area (Å²) in [5.74, 6) is -10.2. The van der Waals surface area contributed by atoms with Crippen LogP contribution in [-0.4, -0.2) is 214 Å². The fourth-order valence-corrected chi connectivity index (χ4v) is 21.4. The van der Waals surface area contributed by atoms with Gasteiger partial charge in [0.25, 0.3) is 5.71 Å². The fourth-order valence-electron chi connectivity index (χ4n) is 18.0. The van der Waals surface area contributed by atoms with Crippen molar-refractivity contribution in [1.82, 2.24) is 45.8 Å². The summed E-state index contributed by atoms with van der Waals surface area (Å²) < 4.78 is 85.9. The first-order valence-electron chi connectivity index (χ1n) is 44.0. The van der Waals surface area contributed by atoms with Crippen molar-refractivity contribution in [2.75, 3.05) is 53.4 Å². The summed E-state index contributed by atoms with van der Waals surface area (Å²) in [6, 6.07) is 88.3. The largest absolute Gasteiger partial charge is 0.603 e. The highest BCUT2D eigenvalue weighted by atomic mass is 32.2. The van der Waals surface area contributed by atoms with E-state index in [1.54, 1.807) is 249 Å². The summed E-state index contributed by atoms with van der Waals surface area (Å²) in [6.45, 7) is 7.11. The molecule has 10 aromatic rings. The monoisotopic (exact) mass is 1930 g/mol. The van der Waals surface area contributed by atoms with Crippen molar-refractivity contribution in [3.05, 3.63) is 387 Å². The highest BCUT2D eigenvalue weighted by Crippen LogP contribution is 2.43. The molecule has 10 aliphatic rings. The van der Waals surface area contributed by atoms with Gasteiger partial charge in [0.05, 0.1) is 33.2 Å². The summed E-state index contributed by atoms with van der Waals surface area (Å²) in [6.07, 6.45) is -0.817. The van der Waals surface area contributed by atoms with Gasteiger partial charge in [-0.05, 0) is 145 Å². The van der Waals surface area contributed by atoms with Crippen LogP contribution in [0, 0.1) is 29.6 Å². The van der Waals surface area contributed by atoms with Gasteiger partial charge in [0, 0.05) is 47.5 Å². The Kier molecular flexibility index (Phi) is 27.9. The molecule has 10 heterocycles. The summed E-state index contributed by atoms with van der Waals surface area (Å²) in [5, 5.41) is 38.9. The molecule has 0 saturated carbocycles. The zero-order chi connectivity index (χ0) is 98.5. The molecule has 0 saturated heterocycles. The highest BCUT2D eigenvalue weighted by molar-refractivity contribution is 7.84. The van der Waals surface area contributed by atoms with E-state index in [1.165, 1.54) is 0 Å². The minimum absolute atomic E-state index is 0.0523. The molecule has 10 aliphatic heterocycles. The van der Waals surface area contributed by atoms with E-state index in [4.69, 9.17) is 5.14 Å². The number of nitrogens with zero attached hydrogens (tertiary/aromatic N) is 7. The van der Waals surface area contributed by atoms with Crippen molar-refractivity contribution in [2.45, 2.75) is 20.3 Å². The van der Waals surface area contributed by atoms with Gasteiger partial charge in [0.1, 0.15) is 27.9 Å². The average molecular weight is 1930 g/mol. The maximum absolute atomic E-state index is 13.6. The van der Waals surface area contributed by atoms with Gasteiger partial charge < -0.3 is 41.5 Å². The van der Waals surface area contributed by atoms with Crippen LogP contribution < -0.4 is 41.2 Å². The molecule has 0 spiro atoms. The Labute approximate surface area is 798 Å². The smallest absolute Gasteiger partial charge is 0.427 e. The molecule has 5 atom stereocenters. The van der Waals surface area contributed by atoms with Gasteiger partial charge in [-0.2, -0.15) is 19.4 Å². The first-order valence-corrected chi connectivity index (χ1v) is 48.4. The number of imide groups is 1. The minimum atomic E-state index is -4.39. The molecule has 20 rings (SSSR count). The Bertz CT molecular complexity index is 7470. The highest BCUT2D eigenvalue weighted by Gasteiger charge is 2.64. The number of hydroxylamine groups is 1. The van der Waals surface area contributed by atoms with Crippen LogP contribution in [0.4, 0.5) is 4.79 Å². The number of nitrogens with two attached hydrogens (primary N) is 1. The molecule has 11 N–H and O–H groups in total. The quantitative estimate of drug-likeness (QED) is 0.0140. The number of carbonyl (C=O) groups is 11. The number of fused-ring (bicyclic) bond motifs is 5. The predicted molar refractivity (Wildman–Crippen MR) is 512 cm³/mol. The van der Waals surface area contributed by atoms with E-state index in [2.05, 4.69) is 40.9 Å². The van der Waals surface area contributed by atoms with E-state index < -0.39 is 119 Å². The van der Waals surface area contributed by atoms with Crippen LogP contribution in [0.1, 0.15) is 75.9 Å². The zero-order valence-corrected chi connectivity index (χ0v) is 77.4. The third kappa shape index (κ3) is 18.8. The lowest BCUT2D eigenvalue weighted by Crippen LogP contribution is -2.43. The second-order valence-corrected chi connectivity index (χ2v) is 37.5. The summed E-state index contributed by atoms with van der Waals surface area (Å²) >= 11 is 0. The van der Waals surface area contributed by atoms with Crippen molar-refractivity contribution in [3.8, 4) is 0 Å². The normalized spacial score (nSPS) is 19.1. The average Bonchev–Trinajstić information content (AvgIpc) is 1.56. The van der Waals surface area contributed by atoms with Crippen LogP contribution in [0.15, 0.2) is 331 Å². The molecule has 37 heteroatoms. The number of nitrogens with one attached hydrogen (secondary N) is 7. The SMILES string of the molecule is CCN(CC)CCNS(=O)(=O)[N+]1=C(c2ccccc2)C2C(=O)NC(c3ccccc3)=C2C1=O.CN(C)CCCNS(=O)(=O)[N+]1=C(c2ccccc2)C2C(=O)NC(c3ccccc3)=C2C1=O.NS(=O)(=O)[N+]1=C(c2ccccc2)C2C(=O)NC(c3ccccc3)=C2C1=O.O=C1NC(c2ccccc2)=C2C(=O)[N+](C(=O)O)=C(c3ccccc3)C12.O=C1NC(c2ccccc2)=C2C(=O)[N+](O)=C(c3ccccc3)C12. The van der Waals surface area contributed by atoms with Crippen molar-refractivity contribution in [2.24, 2.45) is 34.7 Å². The third-order valence-electron chi connectivity index (χ3n) is 24.2. The first-order chi connectivity index (χ1) is 66.9. The number of benzene rings is 10. The van der Waals surface area contributed by atoms with Gasteiger partial charge in [0.15, 0.2) is 29.6 Å². The number of rotatable bonds is 24. The molecule has 11 amide bonds. The maximum atomic E-state index is 13.6. The van der Waals surface area contributed by atoms with Crippen LogP contribution in [0.3, 0.4) is 0 Å². The van der Waals surface area contributed by atoms with Crippen LogP contribution in [0.5, 0.6) is 0 Å². The van der Waals surface area contributed by atoms with E-state index in [9.17, 15) is 88.3 Å². The Morgan fingerprint density at radius 1 is 0.324 bits per heavy atom. The van der Waals surface area contributed by atoms with Crippen molar-refractivity contribution in [1.29, 1.82) is 0 Å². The maximum Gasteiger partial charge on any atom is 0.603 e. The van der Waals surface area contributed by atoms with Gasteiger partial charge in [0.2, 0.25) is 52.4 Å². The van der Waals surface area contributed by atoms with Crippen LogP contribution in [-0.2, 0) is 78.6 Å². The van der Waals surface area contributed by atoms with Crippen LogP contribution in [0.2, 0.25) is 0 Å². The van der Waals surface area contributed by atoms with Crippen molar-refractivity contribution >= 4 is 153 Å². The zero-order valence-electron chi connectivity index (χ0n) is 75.0. The van der Waals surface area contributed by atoms with Crippen molar-refractivity contribution in [3.63, 3.8) is 0 Å². The van der Waals surface area contributed by atoms with E-state index in [1.807, 2.05) is 87.4 Å². The number of amides is 11. The van der Waals surface area contributed by atoms with Gasteiger partial charge in [-0.15, -0.1) is 25.3 Å². The molecule has 0 fully saturated rings. The minimum Gasteiger partial charge on any atom is -0.427 e. The lowest BCUT2D eigenvalue weighted by molar-refractivity contribution is -0.700. The number of likely N-dealkylation sites (N-methyl/N-ethyl adjacent to an activating group) is 1. The number of carbonyl (C=O) groups excluding carboxylic acids is 10.